The number of nitrogens with zero attached hydrogens (tertiary/aromatic N) is 3. The number of urea groups is 1. The highest BCUT2D eigenvalue weighted by Gasteiger charge is 2.33. The standard InChI is InChI=1S/C17H17F3N6O2/c1-3-6-12-13(14(27)26-15(22-12)21-9(2)25-26)24-16(28)23-11-8-5-4-7-10(11)17(18,19)20/h4-5,7-8H,3,6H2,1-2H3,(H,21,22,25)(H2,23,24,28). The molecule has 0 unspecified atom stereocenters. The number of hydrogen-bond donors (Lipinski definition) is 3. The Morgan fingerprint density at radius 3 is 2.61 bits per heavy atom. The van der Waals surface area contributed by atoms with Crippen molar-refractivity contribution in [3.8, 4) is 0 Å². The van der Waals surface area contributed by atoms with E-state index in [0.29, 0.717) is 24.4 Å². The third kappa shape index (κ3) is 3.82. The van der Waals surface area contributed by atoms with Crippen molar-refractivity contribution in [1.82, 2.24) is 19.6 Å². The number of amides is 2. The van der Waals surface area contributed by atoms with Crippen LogP contribution in [-0.4, -0.2) is 25.6 Å². The maximum absolute atomic E-state index is 13.1. The number of halogens is 3. The molecule has 0 saturated carbocycles. The first kappa shape index (κ1) is 19.4. The molecule has 1 aromatic carbocycles. The lowest BCUT2D eigenvalue weighted by Crippen LogP contribution is -2.29. The fourth-order valence-corrected chi connectivity index (χ4v) is 2.71. The average Bonchev–Trinajstić information content (AvgIpc) is 2.99. The van der Waals surface area contributed by atoms with Crippen LogP contribution in [-0.2, 0) is 12.6 Å². The summed E-state index contributed by atoms with van der Waals surface area (Å²) in [6.07, 6.45) is -3.61. The molecule has 0 saturated heterocycles. The molecule has 0 fully saturated rings. The van der Waals surface area contributed by atoms with Gasteiger partial charge in [0, 0.05) is 0 Å². The molecule has 2 heterocycles. The summed E-state index contributed by atoms with van der Waals surface area (Å²) in [7, 11) is 0. The monoisotopic (exact) mass is 394 g/mol. The van der Waals surface area contributed by atoms with Crippen molar-refractivity contribution >= 4 is 23.2 Å². The smallest absolute Gasteiger partial charge is 0.307 e. The van der Waals surface area contributed by atoms with Crippen molar-refractivity contribution in [3.05, 3.63) is 51.7 Å². The Balaban J connectivity index is 1.95. The van der Waals surface area contributed by atoms with Crippen LogP contribution < -0.4 is 16.2 Å². The number of carbonyl (C=O) groups is 1. The van der Waals surface area contributed by atoms with E-state index < -0.39 is 29.0 Å². The maximum atomic E-state index is 13.1. The molecule has 2 amide bonds. The number of para-hydroxylation sites is 1. The molecular weight excluding hydrogens is 377 g/mol. The number of hydrogen-bond acceptors (Lipinski definition) is 4. The van der Waals surface area contributed by atoms with Crippen LogP contribution in [0.15, 0.2) is 29.1 Å². The second-order valence-electron chi connectivity index (χ2n) is 6.06. The van der Waals surface area contributed by atoms with Gasteiger partial charge in [0.25, 0.3) is 11.3 Å². The van der Waals surface area contributed by atoms with Crippen LogP contribution in [0.3, 0.4) is 0 Å². The highest BCUT2D eigenvalue weighted by atomic mass is 19.4. The van der Waals surface area contributed by atoms with Crippen molar-refractivity contribution in [2.45, 2.75) is 32.9 Å². The van der Waals surface area contributed by atoms with Gasteiger partial charge in [-0.05, 0) is 25.5 Å². The zero-order valence-electron chi connectivity index (χ0n) is 15.0. The molecule has 3 rings (SSSR count). The second kappa shape index (κ2) is 7.33. The molecule has 0 aliphatic heterocycles. The van der Waals surface area contributed by atoms with Crippen molar-refractivity contribution < 1.29 is 18.0 Å². The summed E-state index contributed by atoms with van der Waals surface area (Å²) in [5, 5.41) is 7.17. The number of nitrogens with one attached hydrogen (secondary N) is 3. The molecule has 0 bridgehead atoms. The van der Waals surface area contributed by atoms with Gasteiger partial charge < -0.3 is 10.6 Å². The first-order chi connectivity index (χ1) is 13.2. The summed E-state index contributed by atoms with van der Waals surface area (Å²) in [5.74, 6) is 0.604. The number of alkyl halides is 3. The molecule has 3 aromatic rings. The third-order valence-corrected chi connectivity index (χ3v) is 3.89. The SMILES string of the molecule is CCCc1nc2nc(C)[nH]n2c(=O)c1NC(=O)Nc1ccccc1C(F)(F)F. The molecule has 11 heteroatoms. The van der Waals surface area contributed by atoms with E-state index in [9.17, 15) is 22.8 Å². The number of carbonyl (C=O) groups excluding carboxylic acids is 1. The number of fused-ring (bicyclic) bond motifs is 1. The minimum Gasteiger partial charge on any atom is -0.307 e. The summed E-state index contributed by atoms with van der Waals surface area (Å²) >= 11 is 0. The zero-order valence-corrected chi connectivity index (χ0v) is 15.0. The quantitative estimate of drug-likeness (QED) is 0.631. The average molecular weight is 394 g/mol. The second-order valence-corrected chi connectivity index (χ2v) is 6.06. The van der Waals surface area contributed by atoms with Crippen LogP contribution in [0.1, 0.15) is 30.4 Å². The lowest BCUT2D eigenvalue weighted by atomic mass is 10.1. The number of aryl methyl sites for hydroxylation is 2. The fourth-order valence-electron chi connectivity index (χ4n) is 2.71. The summed E-state index contributed by atoms with van der Waals surface area (Å²) in [6, 6.07) is 3.58. The Labute approximate surface area is 156 Å². The lowest BCUT2D eigenvalue weighted by Gasteiger charge is -2.14. The lowest BCUT2D eigenvalue weighted by molar-refractivity contribution is -0.136. The highest BCUT2D eigenvalue weighted by molar-refractivity contribution is 6.00. The minimum atomic E-state index is -4.63. The van der Waals surface area contributed by atoms with Crippen LogP contribution in [0.25, 0.3) is 5.78 Å². The zero-order chi connectivity index (χ0) is 20.5. The van der Waals surface area contributed by atoms with E-state index in [-0.39, 0.29) is 11.5 Å². The Morgan fingerprint density at radius 2 is 1.93 bits per heavy atom. The normalized spacial score (nSPS) is 11.6. The Bertz CT molecular complexity index is 1090. The van der Waals surface area contributed by atoms with Crippen LogP contribution >= 0.6 is 0 Å². The summed E-state index contributed by atoms with van der Waals surface area (Å²) in [6.45, 7) is 3.50. The van der Waals surface area contributed by atoms with Crippen LogP contribution in [0.4, 0.5) is 29.3 Å². The first-order valence-electron chi connectivity index (χ1n) is 8.43. The molecule has 0 atom stereocenters. The number of aromatic nitrogens is 4. The van der Waals surface area contributed by atoms with E-state index in [1.165, 1.54) is 12.1 Å². The Kier molecular flexibility index (Phi) is 5.08. The van der Waals surface area contributed by atoms with E-state index in [1.807, 2.05) is 6.92 Å². The summed E-state index contributed by atoms with van der Waals surface area (Å²) in [5.41, 5.74) is -1.83. The molecule has 148 valence electrons. The number of aromatic amines is 1. The van der Waals surface area contributed by atoms with Gasteiger partial charge in [-0.2, -0.15) is 22.7 Å². The predicted octanol–water partition coefficient (Wildman–Crippen LogP) is 3.34. The predicted molar refractivity (Wildman–Crippen MR) is 96.4 cm³/mol. The summed E-state index contributed by atoms with van der Waals surface area (Å²) in [4.78, 5) is 33.3. The van der Waals surface area contributed by atoms with E-state index in [2.05, 4.69) is 25.7 Å². The molecule has 0 aliphatic rings. The third-order valence-electron chi connectivity index (χ3n) is 3.89. The number of H-pyrrole nitrogens is 1. The highest BCUT2D eigenvalue weighted by Crippen LogP contribution is 2.34. The molecule has 3 N–H and O–H groups in total. The van der Waals surface area contributed by atoms with Crippen molar-refractivity contribution in [2.24, 2.45) is 0 Å². The van der Waals surface area contributed by atoms with Crippen LogP contribution in [0.5, 0.6) is 0 Å². The molecule has 28 heavy (non-hydrogen) atoms. The number of rotatable bonds is 4. The molecule has 8 nitrogen and oxygen atoms in total. The van der Waals surface area contributed by atoms with Crippen molar-refractivity contribution in [2.75, 3.05) is 10.6 Å². The first-order valence-corrected chi connectivity index (χ1v) is 8.43. The van der Waals surface area contributed by atoms with Gasteiger partial charge in [-0.15, -0.1) is 0 Å². The molecule has 0 spiro atoms. The minimum absolute atomic E-state index is 0.120. The number of anilines is 2. The number of benzene rings is 1. The van der Waals surface area contributed by atoms with E-state index in [1.54, 1.807) is 6.92 Å². The van der Waals surface area contributed by atoms with Gasteiger partial charge in [0.15, 0.2) is 0 Å². The molecule has 0 aliphatic carbocycles. The van der Waals surface area contributed by atoms with Gasteiger partial charge in [-0.25, -0.2) is 9.78 Å². The largest absolute Gasteiger partial charge is 0.418 e. The van der Waals surface area contributed by atoms with Gasteiger partial charge in [0.2, 0.25) is 0 Å². The van der Waals surface area contributed by atoms with Gasteiger partial charge in [0.1, 0.15) is 11.5 Å². The van der Waals surface area contributed by atoms with Crippen molar-refractivity contribution in [3.63, 3.8) is 0 Å². The van der Waals surface area contributed by atoms with E-state index >= 15 is 0 Å². The molecule has 2 aromatic heterocycles. The van der Waals surface area contributed by atoms with Crippen LogP contribution in [0.2, 0.25) is 0 Å². The molecule has 0 radical (unpaired) electrons. The summed E-state index contributed by atoms with van der Waals surface area (Å²) < 4.78 is 40.3. The van der Waals surface area contributed by atoms with Gasteiger partial charge in [0.05, 0.1) is 16.9 Å². The van der Waals surface area contributed by atoms with Gasteiger partial charge in [-0.3, -0.25) is 9.89 Å². The van der Waals surface area contributed by atoms with Gasteiger partial charge >= 0.3 is 12.2 Å². The maximum Gasteiger partial charge on any atom is 0.418 e. The molecular formula is C17H17F3N6O2. The van der Waals surface area contributed by atoms with Crippen molar-refractivity contribution in [1.29, 1.82) is 0 Å². The topological polar surface area (TPSA) is 104 Å². The van der Waals surface area contributed by atoms with Gasteiger partial charge in [-0.1, -0.05) is 25.5 Å². The van der Waals surface area contributed by atoms with E-state index in [0.717, 1.165) is 16.6 Å². The Morgan fingerprint density at radius 1 is 1.21 bits per heavy atom. The van der Waals surface area contributed by atoms with Crippen LogP contribution in [0, 0.1) is 6.92 Å². The van der Waals surface area contributed by atoms with E-state index in [4.69, 9.17) is 0 Å². The fraction of sp³-hybridized carbons (Fsp3) is 0.294. The Hall–Kier alpha value is -3.37.